The number of nitrogens with zero attached hydrogens (tertiary/aromatic N) is 4. The van der Waals surface area contributed by atoms with E-state index in [0.717, 1.165) is 0 Å². The Balaban J connectivity index is 2.58. The maximum atomic E-state index is 10.7. The fraction of sp³-hybridized carbons (Fsp3) is 0.0909. The van der Waals surface area contributed by atoms with Gasteiger partial charge in [-0.05, 0) is 24.0 Å². The average Bonchev–Trinajstić information content (AvgIpc) is 2.71. The molecular weight excluding hydrogens is 220 g/mol. The third-order valence-corrected chi connectivity index (χ3v) is 2.32. The summed E-state index contributed by atoms with van der Waals surface area (Å²) in [6.45, 7) is 1.61. The lowest BCUT2D eigenvalue weighted by Gasteiger charge is -1.98. The monoisotopic (exact) mass is 228 g/mol. The van der Waals surface area contributed by atoms with Gasteiger partial charge >= 0.3 is 5.82 Å². The number of para-hydroxylation sites is 1. The molecule has 0 radical (unpaired) electrons. The number of hydrogen-bond acceptors (Lipinski definition) is 4. The minimum absolute atomic E-state index is 0.197. The molecule has 0 spiro atoms. The maximum Gasteiger partial charge on any atom is 0.393 e. The Morgan fingerprint density at radius 1 is 1.47 bits per heavy atom. The zero-order chi connectivity index (χ0) is 12.4. The molecule has 0 N–H and O–H groups in total. The van der Waals surface area contributed by atoms with Crippen LogP contribution >= 0.6 is 0 Å². The van der Waals surface area contributed by atoms with Crippen LogP contribution in [0.15, 0.2) is 30.5 Å². The first-order valence-electron chi connectivity index (χ1n) is 4.83. The third-order valence-electron chi connectivity index (χ3n) is 2.32. The molecular formula is C11H8N4O2. The fourth-order valence-electron chi connectivity index (χ4n) is 1.52. The molecule has 0 aliphatic rings. The molecule has 1 aromatic heterocycles. The molecule has 84 valence electrons. The highest BCUT2D eigenvalue weighted by Gasteiger charge is 2.19. The number of rotatable bonds is 2. The van der Waals surface area contributed by atoms with Crippen molar-refractivity contribution in [2.24, 2.45) is 0 Å². The quantitative estimate of drug-likeness (QED) is 0.580. The highest BCUT2D eigenvalue weighted by atomic mass is 16.6. The lowest BCUT2D eigenvalue weighted by atomic mass is 10.2. The lowest BCUT2D eigenvalue weighted by Crippen LogP contribution is -1.99. The molecule has 0 bridgehead atoms. The first-order chi connectivity index (χ1) is 8.13. The Labute approximate surface area is 96.9 Å². The van der Waals surface area contributed by atoms with Crippen LogP contribution in [0.5, 0.6) is 0 Å². The summed E-state index contributed by atoms with van der Waals surface area (Å²) in [5, 5.41) is 23.5. The average molecular weight is 228 g/mol. The van der Waals surface area contributed by atoms with Gasteiger partial charge in [0.2, 0.25) is 0 Å². The van der Waals surface area contributed by atoms with Crippen molar-refractivity contribution in [1.82, 2.24) is 9.78 Å². The molecule has 1 aromatic carbocycles. The van der Waals surface area contributed by atoms with Crippen molar-refractivity contribution >= 4 is 5.82 Å². The predicted molar refractivity (Wildman–Crippen MR) is 59.7 cm³/mol. The summed E-state index contributed by atoms with van der Waals surface area (Å²) in [5.41, 5.74) is 1.42. The lowest BCUT2D eigenvalue weighted by molar-refractivity contribution is -0.390. The van der Waals surface area contributed by atoms with Crippen molar-refractivity contribution in [3.63, 3.8) is 0 Å². The Morgan fingerprint density at radius 3 is 2.76 bits per heavy atom. The van der Waals surface area contributed by atoms with Crippen molar-refractivity contribution in [3.8, 4) is 11.8 Å². The SMILES string of the molecule is Cc1cn(-c2ccccc2C#N)nc1[N+](=O)[O-]. The molecule has 2 aromatic rings. The summed E-state index contributed by atoms with van der Waals surface area (Å²) in [5.74, 6) is -0.197. The van der Waals surface area contributed by atoms with Crippen molar-refractivity contribution in [2.45, 2.75) is 6.92 Å². The number of nitriles is 1. The molecule has 0 unspecified atom stereocenters. The summed E-state index contributed by atoms with van der Waals surface area (Å²) >= 11 is 0. The molecule has 0 fully saturated rings. The fourth-order valence-corrected chi connectivity index (χ4v) is 1.52. The largest absolute Gasteiger partial charge is 0.393 e. The summed E-state index contributed by atoms with van der Waals surface area (Å²) in [7, 11) is 0. The van der Waals surface area contributed by atoms with Crippen molar-refractivity contribution < 1.29 is 4.92 Å². The van der Waals surface area contributed by atoms with Gasteiger partial charge in [-0.2, -0.15) is 5.26 Å². The van der Waals surface area contributed by atoms with E-state index in [1.54, 1.807) is 31.2 Å². The van der Waals surface area contributed by atoms with Crippen molar-refractivity contribution in [1.29, 1.82) is 5.26 Å². The number of aryl methyl sites for hydroxylation is 1. The van der Waals surface area contributed by atoms with E-state index >= 15 is 0 Å². The van der Waals surface area contributed by atoms with Crippen LogP contribution in [0.4, 0.5) is 5.82 Å². The molecule has 0 atom stereocenters. The number of nitro groups is 1. The molecule has 6 heteroatoms. The molecule has 0 amide bonds. The Kier molecular flexibility index (Phi) is 2.58. The van der Waals surface area contributed by atoms with Gasteiger partial charge in [-0.15, -0.1) is 4.68 Å². The van der Waals surface area contributed by atoms with E-state index in [1.165, 1.54) is 10.9 Å². The van der Waals surface area contributed by atoms with Crippen LogP contribution in [-0.4, -0.2) is 14.7 Å². The molecule has 2 rings (SSSR count). The zero-order valence-electron chi connectivity index (χ0n) is 8.99. The third kappa shape index (κ3) is 1.86. The summed E-state index contributed by atoms with van der Waals surface area (Å²) < 4.78 is 1.35. The molecule has 0 saturated carbocycles. The smallest absolute Gasteiger partial charge is 0.358 e. The minimum atomic E-state index is -0.541. The van der Waals surface area contributed by atoms with Gasteiger partial charge in [-0.3, -0.25) is 0 Å². The molecule has 1 heterocycles. The molecule has 6 nitrogen and oxygen atoms in total. The number of hydrogen-bond donors (Lipinski definition) is 0. The van der Waals surface area contributed by atoms with E-state index < -0.39 is 4.92 Å². The minimum Gasteiger partial charge on any atom is -0.358 e. The van der Waals surface area contributed by atoms with Gasteiger partial charge in [-0.1, -0.05) is 12.1 Å². The van der Waals surface area contributed by atoms with Gasteiger partial charge in [0.25, 0.3) is 0 Å². The Morgan fingerprint density at radius 2 is 2.18 bits per heavy atom. The van der Waals surface area contributed by atoms with Crippen LogP contribution in [0.2, 0.25) is 0 Å². The summed E-state index contributed by atoms with van der Waals surface area (Å²) in [6.07, 6.45) is 1.54. The van der Waals surface area contributed by atoms with Gasteiger partial charge in [0.15, 0.2) is 0 Å². The zero-order valence-corrected chi connectivity index (χ0v) is 8.99. The van der Waals surface area contributed by atoms with E-state index in [0.29, 0.717) is 16.8 Å². The van der Waals surface area contributed by atoms with E-state index in [2.05, 4.69) is 5.10 Å². The predicted octanol–water partition coefficient (Wildman–Crippen LogP) is 1.96. The Bertz CT molecular complexity index is 625. The second-order valence-corrected chi connectivity index (χ2v) is 3.47. The first kappa shape index (κ1) is 10.8. The normalized spacial score (nSPS) is 9.88. The molecule has 0 aliphatic heterocycles. The molecule has 17 heavy (non-hydrogen) atoms. The van der Waals surface area contributed by atoms with Gasteiger partial charge in [-0.25, -0.2) is 0 Å². The van der Waals surface area contributed by atoms with E-state index in [4.69, 9.17) is 5.26 Å². The van der Waals surface area contributed by atoms with Gasteiger partial charge in [0, 0.05) is 0 Å². The maximum absolute atomic E-state index is 10.7. The van der Waals surface area contributed by atoms with Crippen molar-refractivity contribution in [2.75, 3.05) is 0 Å². The number of aromatic nitrogens is 2. The van der Waals surface area contributed by atoms with E-state index in [9.17, 15) is 10.1 Å². The molecule has 0 saturated heterocycles. The van der Waals surface area contributed by atoms with Crippen LogP contribution < -0.4 is 0 Å². The Hall–Kier alpha value is -2.68. The van der Waals surface area contributed by atoms with E-state index in [1.807, 2.05) is 6.07 Å². The van der Waals surface area contributed by atoms with Crippen LogP contribution in [-0.2, 0) is 0 Å². The second-order valence-electron chi connectivity index (χ2n) is 3.47. The molecule has 0 aliphatic carbocycles. The number of benzene rings is 1. The summed E-state index contributed by atoms with van der Waals surface area (Å²) in [4.78, 5) is 10.1. The first-order valence-corrected chi connectivity index (χ1v) is 4.83. The van der Waals surface area contributed by atoms with Gasteiger partial charge in [0.1, 0.15) is 11.8 Å². The van der Waals surface area contributed by atoms with Crippen LogP contribution in [0.25, 0.3) is 5.69 Å². The van der Waals surface area contributed by atoms with Gasteiger partial charge < -0.3 is 10.1 Å². The van der Waals surface area contributed by atoms with Gasteiger partial charge in [0.05, 0.1) is 22.4 Å². The highest BCUT2D eigenvalue weighted by molar-refractivity contribution is 5.49. The highest BCUT2D eigenvalue weighted by Crippen LogP contribution is 2.19. The van der Waals surface area contributed by atoms with Crippen molar-refractivity contribution in [3.05, 3.63) is 51.7 Å². The van der Waals surface area contributed by atoms with Crippen LogP contribution in [0, 0.1) is 28.4 Å². The second kappa shape index (κ2) is 4.06. The van der Waals surface area contributed by atoms with E-state index in [-0.39, 0.29) is 5.82 Å². The summed E-state index contributed by atoms with van der Waals surface area (Å²) in [6, 6.07) is 8.83. The van der Waals surface area contributed by atoms with Crippen LogP contribution in [0.3, 0.4) is 0 Å². The van der Waals surface area contributed by atoms with Crippen LogP contribution in [0.1, 0.15) is 11.1 Å². The topological polar surface area (TPSA) is 84.8 Å². The standard InChI is InChI=1S/C11H8N4O2/c1-8-7-14(13-11(8)15(16)17)10-5-3-2-4-9(10)6-12/h2-5,7H,1H3.